The van der Waals surface area contributed by atoms with Crippen LogP contribution >= 0.6 is 23.2 Å². The number of methoxy groups -OCH3 is 2. The van der Waals surface area contributed by atoms with Gasteiger partial charge in [-0.25, -0.2) is 0 Å². The first-order chi connectivity index (χ1) is 12.9. The van der Waals surface area contributed by atoms with E-state index >= 15 is 0 Å². The van der Waals surface area contributed by atoms with E-state index in [1.54, 1.807) is 43.5 Å². The Morgan fingerprint density at radius 1 is 1.15 bits per heavy atom. The Morgan fingerprint density at radius 3 is 2.59 bits per heavy atom. The van der Waals surface area contributed by atoms with Crippen molar-refractivity contribution in [2.75, 3.05) is 31.0 Å². The topological polar surface area (TPSA) is 67.9 Å². The first kappa shape index (κ1) is 19.3. The second kappa shape index (κ2) is 8.06. The highest BCUT2D eigenvalue weighted by atomic mass is 35.5. The van der Waals surface area contributed by atoms with E-state index in [-0.39, 0.29) is 24.8 Å². The Morgan fingerprint density at radius 2 is 1.93 bits per heavy atom. The third-order valence-electron chi connectivity index (χ3n) is 4.36. The van der Waals surface area contributed by atoms with Gasteiger partial charge in [0.2, 0.25) is 11.8 Å². The second-order valence-corrected chi connectivity index (χ2v) is 6.90. The Hall–Kier alpha value is -2.44. The van der Waals surface area contributed by atoms with Crippen LogP contribution in [0.25, 0.3) is 0 Å². The molecule has 0 saturated carbocycles. The van der Waals surface area contributed by atoms with Crippen molar-refractivity contribution in [2.24, 2.45) is 5.92 Å². The van der Waals surface area contributed by atoms with E-state index < -0.39 is 5.92 Å². The molecule has 1 aliphatic rings. The number of ether oxygens (including phenoxy) is 2. The molecule has 1 saturated heterocycles. The maximum absolute atomic E-state index is 12.6. The van der Waals surface area contributed by atoms with Gasteiger partial charge in [-0.1, -0.05) is 23.2 Å². The molecule has 0 bridgehead atoms. The summed E-state index contributed by atoms with van der Waals surface area (Å²) in [5, 5.41) is 3.58. The number of nitrogens with zero attached hydrogens (tertiary/aromatic N) is 1. The summed E-state index contributed by atoms with van der Waals surface area (Å²) in [6.45, 7) is 0.236. The van der Waals surface area contributed by atoms with Crippen molar-refractivity contribution < 1.29 is 19.1 Å². The minimum Gasteiger partial charge on any atom is -0.497 e. The normalized spacial score (nSPS) is 16.4. The van der Waals surface area contributed by atoms with Crippen LogP contribution in [0.4, 0.5) is 11.4 Å². The SMILES string of the molecule is COc1ccc(OC)c(N2CC(C(=O)Nc3ccc(Cl)cc3Cl)CC2=O)c1. The van der Waals surface area contributed by atoms with Crippen molar-refractivity contribution in [3.8, 4) is 11.5 Å². The lowest BCUT2D eigenvalue weighted by Gasteiger charge is -2.20. The fraction of sp³-hybridized carbons (Fsp3) is 0.263. The number of carbonyl (C=O) groups is 2. The largest absolute Gasteiger partial charge is 0.497 e. The van der Waals surface area contributed by atoms with Crippen LogP contribution in [0.3, 0.4) is 0 Å². The molecule has 8 heteroatoms. The molecule has 0 aromatic heterocycles. The van der Waals surface area contributed by atoms with E-state index in [2.05, 4.69) is 5.32 Å². The van der Waals surface area contributed by atoms with Crippen LogP contribution in [0, 0.1) is 5.92 Å². The highest BCUT2D eigenvalue weighted by molar-refractivity contribution is 6.36. The van der Waals surface area contributed by atoms with Gasteiger partial charge in [0.05, 0.1) is 36.5 Å². The van der Waals surface area contributed by atoms with Gasteiger partial charge in [0.1, 0.15) is 11.5 Å². The summed E-state index contributed by atoms with van der Waals surface area (Å²) in [5.41, 5.74) is 1.03. The zero-order valence-electron chi connectivity index (χ0n) is 14.8. The third kappa shape index (κ3) is 4.12. The molecule has 3 rings (SSSR count). The minimum absolute atomic E-state index is 0.0946. The van der Waals surface area contributed by atoms with Gasteiger partial charge >= 0.3 is 0 Å². The van der Waals surface area contributed by atoms with E-state index in [4.69, 9.17) is 32.7 Å². The molecule has 0 radical (unpaired) electrons. The monoisotopic (exact) mass is 408 g/mol. The fourth-order valence-corrected chi connectivity index (χ4v) is 3.41. The summed E-state index contributed by atoms with van der Waals surface area (Å²) in [7, 11) is 3.07. The molecular weight excluding hydrogens is 391 g/mol. The molecule has 1 aliphatic heterocycles. The first-order valence-corrected chi connectivity index (χ1v) is 8.97. The average molecular weight is 409 g/mol. The van der Waals surface area contributed by atoms with Gasteiger partial charge in [0.15, 0.2) is 0 Å². The van der Waals surface area contributed by atoms with Crippen molar-refractivity contribution in [1.29, 1.82) is 0 Å². The molecule has 6 nitrogen and oxygen atoms in total. The molecule has 1 heterocycles. The lowest BCUT2D eigenvalue weighted by Crippen LogP contribution is -2.28. The Kier molecular flexibility index (Phi) is 5.77. The number of hydrogen-bond donors (Lipinski definition) is 1. The molecule has 27 heavy (non-hydrogen) atoms. The summed E-state index contributed by atoms with van der Waals surface area (Å²) in [6, 6.07) is 10.00. The molecule has 2 amide bonds. The van der Waals surface area contributed by atoms with Crippen LogP contribution in [0.5, 0.6) is 11.5 Å². The zero-order chi connectivity index (χ0) is 19.6. The van der Waals surface area contributed by atoms with Crippen LogP contribution in [0.2, 0.25) is 10.0 Å². The molecule has 2 aromatic rings. The highest BCUT2D eigenvalue weighted by Crippen LogP contribution is 2.36. The van der Waals surface area contributed by atoms with Gasteiger partial charge < -0.3 is 19.7 Å². The number of nitrogens with one attached hydrogen (secondary N) is 1. The van der Waals surface area contributed by atoms with Crippen LogP contribution in [0.15, 0.2) is 36.4 Å². The number of rotatable bonds is 5. The molecule has 1 unspecified atom stereocenters. The quantitative estimate of drug-likeness (QED) is 0.811. The maximum atomic E-state index is 12.6. The molecule has 0 aliphatic carbocycles. The Bertz CT molecular complexity index is 888. The Balaban J connectivity index is 1.78. The van der Waals surface area contributed by atoms with E-state index in [9.17, 15) is 9.59 Å². The predicted molar refractivity (Wildman–Crippen MR) is 105 cm³/mol. The summed E-state index contributed by atoms with van der Waals surface area (Å²) in [4.78, 5) is 26.7. The summed E-state index contributed by atoms with van der Waals surface area (Å²) >= 11 is 12.0. The predicted octanol–water partition coefficient (Wildman–Crippen LogP) is 4.00. The van der Waals surface area contributed by atoms with E-state index in [0.29, 0.717) is 32.9 Å². The summed E-state index contributed by atoms with van der Waals surface area (Å²) in [5.74, 6) is 0.173. The molecular formula is C19H18Cl2N2O4. The highest BCUT2D eigenvalue weighted by Gasteiger charge is 2.36. The standard InChI is InChI=1S/C19H18Cl2N2O4/c1-26-13-4-6-17(27-2)16(9-13)23-10-11(7-18(23)24)19(25)22-15-5-3-12(20)8-14(15)21/h3-6,8-9,11H,7,10H2,1-2H3,(H,22,25). The maximum Gasteiger partial charge on any atom is 0.229 e. The smallest absolute Gasteiger partial charge is 0.229 e. The Labute approximate surface area is 167 Å². The van der Waals surface area contributed by atoms with Crippen LogP contribution in [0.1, 0.15) is 6.42 Å². The van der Waals surface area contributed by atoms with Gasteiger partial charge in [0, 0.05) is 24.1 Å². The number of halogens is 2. The fourth-order valence-electron chi connectivity index (χ4n) is 2.95. The number of anilines is 2. The summed E-state index contributed by atoms with van der Waals surface area (Å²) < 4.78 is 10.6. The van der Waals surface area contributed by atoms with Gasteiger partial charge in [-0.15, -0.1) is 0 Å². The number of carbonyl (C=O) groups excluding carboxylic acids is 2. The van der Waals surface area contributed by atoms with Gasteiger partial charge in [0.25, 0.3) is 0 Å². The molecule has 2 aromatic carbocycles. The number of benzene rings is 2. The van der Waals surface area contributed by atoms with Gasteiger partial charge in [-0.05, 0) is 30.3 Å². The molecule has 1 fully saturated rings. The lowest BCUT2D eigenvalue weighted by molar-refractivity contribution is -0.122. The van der Waals surface area contributed by atoms with Gasteiger partial charge in [-0.3, -0.25) is 9.59 Å². The van der Waals surface area contributed by atoms with Gasteiger partial charge in [-0.2, -0.15) is 0 Å². The molecule has 142 valence electrons. The molecule has 1 N–H and O–H groups in total. The van der Waals surface area contributed by atoms with E-state index in [1.165, 1.54) is 12.0 Å². The van der Waals surface area contributed by atoms with Crippen molar-refractivity contribution >= 4 is 46.4 Å². The number of hydrogen-bond acceptors (Lipinski definition) is 4. The number of amides is 2. The van der Waals surface area contributed by atoms with Crippen LogP contribution < -0.4 is 19.7 Å². The zero-order valence-corrected chi connectivity index (χ0v) is 16.3. The van der Waals surface area contributed by atoms with Crippen molar-refractivity contribution in [3.05, 3.63) is 46.4 Å². The van der Waals surface area contributed by atoms with Crippen LogP contribution in [-0.2, 0) is 9.59 Å². The van der Waals surface area contributed by atoms with Crippen molar-refractivity contribution in [1.82, 2.24) is 0 Å². The lowest BCUT2D eigenvalue weighted by atomic mass is 10.1. The van der Waals surface area contributed by atoms with Crippen molar-refractivity contribution in [3.63, 3.8) is 0 Å². The third-order valence-corrected chi connectivity index (χ3v) is 4.91. The molecule has 0 spiro atoms. The van der Waals surface area contributed by atoms with E-state index in [1.807, 2.05) is 0 Å². The van der Waals surface area contributed by atoms with Crippen LogP contribution in [-0.4, -0.2) is 32.6 Å². The first-order valence-electron chi connectivity index (χ1n) is 8.21. The van der Waals surface area contributed by atoms with Crippen molar-refractivity contribution in [2.45, 2.75) is 6.42 Å². The minimum atomic E-state index is -0.514. The summed E-state index contributed by atoms with van der Waals surface area (Å²) in [6.07, 6.45) is 0.0946. The van der Waals surface area contributed by atoms with E-state index in [0.717, 1.165) is 0 Å². The average Bonchev–Trinajstić information content (AvgIpc) is 3.05. The molecule has 1 atom stereocenters. The second-order valence-electron chi connectivity index (χ2n) is 6.06.